The monoisotopic (exact) mass is 258 g/mol. The summed E-state index contributed by atoms with van der Waals surface area (Å²) >= 11 is 0. The molecule has 1 aromatic rings. The first kappa shape index (κ1) is 13.7. The highest BCUT2D eigenvalue weighted by molar-refractivity contribution is 6.11. The summed E-state index contributed by atoms with van der Waals surface area (Å²) in [6.07, 6.45) is 5.29. The van der Waals surface area contributed by atoms with Crippen molar-refractivity contribution in [1.82, 2.24) is 0 Å². The average molecular weight is 258 g/mol. The van der Waals surface area contributed by atoms with Crippen LogP contribution in [0.15, 0.2) is 41.5 Å². The molecule has 0 saturated heterocycles. The van der Waals surface area contributed by atoms with Crippen molar-refractivity contribution in [1.29, 1.82) is 0 Å². The first-order valence-corrected chi connectivity index (χ1v) is 6.97. The lowest BCUT2D eigenvalue weighted by atomic mass is 10.1. The molecule has 102 valence electrons. The Morgan fingerprint density at radius 2 is 1.95 bits per heavy atom. The predicted octanol–water partition coefficient (Wildman–Crippen LogP) is 3.29. The molecule has 1 aromatic carbocycles. The first-order valence-electron chi connectivity index (χ1n) is 6.97. The number of rotatable bonds is 5. The van der Waals surface area contributed by atoms with E-state index < -0.39 is 0 Å². The fourth-order valence-electron chi connectivity index (χ4n) is 2.43. The quantitative estimate of drug-likeness (QED) is 0.824. The van der Waals surface area contributed by atoms with Crippen LogP contribution in [-0.2, 0) is 0 Å². The number of nitrogens with two attached hydrogens (primary N) is 1. The molecule has 0 spiro atoms. The topological polar surface area (TPSA) is 47.6 Å². The summed E-state index contributed by atoms with van der Waals surface area (Å²) in [5.41, 5.74) is 8.04. The number of aliphatic imine (C=N–C) groups is 1. The summed E-state index contributed by atoms with van der Waals surface area (Å²) in [6, 6.07) is 7.97. The van der Waals surface area contributed by atoms with Crippen LogP contribution in [0.1, 0.15) is 38.2 Å². The van der Waals surface area contributed by atoms with Gasteiger partial charge in [0.1, 0.15) is 5.75 Å². The largest absolute Gasteiger partial charge is 0.490 e. The van der Waals surface area contributed by atoms with Gasteiger partial charge in [0.2, 0.25) is 0 Å². The van der Waals surface area contributed by atoms with Crippen molar-refractivity contribution in [2.45, 2.75) is 38.7 Å². The normalized spacial score (nSPS) is 16.6. The highest BCUT2D eigenvalue weighted by atomic mass is 16.5. The van der Waals surface area contributed by atoms with Gasteiger partial charge in [-0.15, -0.1) is 0 Å². The van der Waals surface area contributed by atoms with E-state index in [0.29, 0.717) is 18.3 Å². The van der Waals surface area contributed by atoms with E-state index in [-0.39, 0.29) is 0 Å². The van der Waals surface area contributed by atoms with E-state index in [1.165, 1.54) is 25.7 Å². The number of nitrogens with zero attached hydrogens (tertiary/aromatic N) is 1. The lowest BCUT2D eigenvalue weighted by molar-refractivity contribution is 0.210. The molecule has 1 saturated carbocycles. The molecule has 19 heavy (non-hydrogen) atoms. The van der Waals surface area contributed by atoms with Crippen LogP contribution in [0.4, 0.5) is 0 Å². The van der Waals surface area contributed by atoms with Crippen molar-refractivity contribution in [3.63, 3.8) is 0 Å². The third-order valence-electron chi connectivity index (χ3n) is 3.35. The molecule has 0 aromatic heterocycles. The molecule has 0 bridgehead atoms. The van der Waals surface area contributed by atoms with Gasteiger partial charge in [-0.3, -0.25) is 4.99 Å². The van der Waals surface area contributed by atoms with Crippen LogP contribution in [0, 0.1) is 0 Å². The van der Waals surface area contributed by atoms with Crippen LogP contribution in [0.3, 0.4) is 0 Å². The molecule has 0 amide bonds. The molecule has 2 rings (SSSR count). The first-order chi connectivity index (χ1) is 9.20. The minimum Gasteiger partial charge on any atom is -0.490 e. The molecule has 1 aliphatic carbocycles. The summed E-state index contributed by atoms with van der Waals surface area (Å²) in [7, 11) is 0. The molecule has 2 N–H and O–H groups in total. The molecular weight excluding hydrogens is 236 g/mol. The van der Waals surface area contributed by atoms with Crippen LogP contribution in [0.2, 0.25) is 0 Å². The van der Waals surface area contributed by atoms with Crippen molar-refractivity contribution >= 4 is 5.71 Å². The summed E-state index contributed by atoms with van der Waals surface area (Å²) in [4.78, 5) is 4.38. The Bertz CT molecular complexity index is 456. The Balaban J connectivity index is 2.08. The summed E-state index contributed by atoms with van der Waals surface area (Å²) in [6.45, 7) is 6.46. The smallest absolute Gasteiger partial charge is 0.119 e. The van der Waals surface area contributed by atoms with Crippen LogP contribution in [0.5, 0.6) is 5.75 Å². The Morgan fingerprint density at radius 3 is 2.47 bits per heavy atom. The molecular formula is C16H22N2O. The van der Waals surface area contributed by atoms with E-state index in [1.54, 1.807) is 0 Å². The lowest BCUT2D eigenvalue weighted by Gasteiger charge is -2.13. The maximum atomic E-state index is 5.94. The Hall–Kier alpha value is -1.77. The molecule has 1 fully saturated rings. The molecule has 0 atom stereocenters. The van der Waals surface area contributed by atoms with E-state index >= 15 is 0 Å². The van der Waals surface area contributed by atoms with Crippen molar-refractivity contribution in [3.05, 3.63) is 42.1 Å². The van der Waals surface area contributed by atoms with Gasteiger partial charge in [-0.1, -0.05) is 6.58 Å². The number of benzene rings is 1. The molecule has 1 aliphatic rings. The summed E-state index contributed by atoms with van der Waals surface area (Å²) in [5, 5.41) is 0. The van der Waals surface area contributed by atoms with Gasteiger partial charge in [-0.25, -0.2) is 0 Å². The van der Waals surface area contributed by atoms with Crippen molar-refractivity contribution in [3.8, 4) is 5.75 Å². The molecule has 0 radical (unpaired) electrons. The maximum Gasteiger partial charge on any atom is 0.119 e. The van der Waals surface area contributed by atoms with Gasteiger partial charge in [0.05, 0.1) is 17.5 Å². The van der Waals surface area contributed by atoms with Crippen LogP contribution in [0.25, 0.3) is 0 Å². The fraction of sp³-hybridized carbons (Fsp3) is 0.438. The highest BCUT2D eigenvalue weighted by Crippen LogP contribution is 2.24. The Labute approximate surface area is 115 Å². The van der Waals surface area contributed by atoms with Crippen molar-refractivity contribution in [2.75, 3.05) is 6.54 Å². The average Bonchev–Trinajstić information content (AvgIpc) is 2.90. The van der Waals surface area contributed by atoms with Crippen LogP contribution >= 0.6 is 0 Å². The predicted molar refractivity (Wildman–Crippen MR) is 79.7 cm³/mol. The molecule has 0 heterocycles. The zero-order chi connectivity index (χ0) is 13.7. The second-order valence-electron chi connectivity index (χ2n) is 4.90. The fourth-order valence-corrected chi connectivity index (χ4v) is 2.43. The summed E-state index contributed by atoms with van der Waals surface area (Å²) < 4.78 is 5.94. The van der Waals surface area contributed by atoms with E-state index in [1.807, 2.05) is 31.2 Å². The van der Waals surface area contributed by atoms with E-state index in [2.05, 4.69) is 11.6 Å². The minimum absolute atomic E-state index is 0.388. The van der Waals surface area contributed by atoms with Gasteiger partial charge in [0, 0.05) is 12.1 Å². The van der Waals surface area contributed by atoms with Gasteiger partial charge >= 0.3 is 0 Å². The summed E-state index contributed by atoms with van der Waals surface area (Å²) in [5.74, 6) is 0.925. The number of hydrogen-bond donors (Lipinski definition) is 1. The van der Waals surface area contributed by atoms with Crippen LogP contribution in [-0.4, -0.2) is 18.4 Å². The van der Waals surface area contributed by atoms with Gasteiger partial charge in [0.25, 0.3) is 0 Å². The zero-order valence-electron chi connectivity index (χ0n) is 11.6. The van der Waals surface area contributed by atoms with Gasteiger partial charge < -0.3 is 10.5 Å². The Kier molecular flexibility index (Phi) is 4.61. The van der Waals surface area contributed by atoms with Gasteiger partial charge in [-0.2, -0.15) is 0 Å². The van der Waals surface area contributed by atoms with Crippen molar-refractivity contribution < 1.29 is 4.74 Å². The minimum atomic E-state index is 0.388. The number of hydrogen-bond acceptors (Lipinski definition) is 3. The molecule has 0 aliphatic heterocycles. The van der Waals surface area contributed by atoms with E-state index in [0.717, 1.165) is 17.0 Å². The van der Waals surface area contributed by atoms with Gasteiger partial charge in [-0.05, 0) is 56.9 Å². The second kappa shape index (κ2) is 6.41. The third kappa shape index (κ3) is 3.60. The lowest BCUT2D eigenvalue weighted by Crippen LogP contribution is -2.13. The van der Waals surface area contributed by atoms with E-state index in [9.17, 15) is 0 Å². The maximum absolute atomic E-state index is 5.94. The standard InChI is InChI=1S/C16H22N2O/c1-3-18-16(12(2)17)13-8-10-15(11-9-13)19-14-6-4-5-7-14/h8-11,14H,2-7,17H2,1H3. The SMILES string of the molecule is C=C(N)C(=NCC)c1ccc(OC2CCCC2)cc1. The molecule has 3 heteroatoms. The van der Waals surface area contributed by atoms with Crippen LogP contribution < -0.4 is 10.5 Å². The second-order valence-corrected chi connectivity index (χ2v) is 4.90. The zero-order valence-corrected chi connectivity index (χ0v) is 11.6. The van der Waals surface area contributed by atoms with Crippen molar-refractivity contribution in [2.24, 2.45) is 10.7 Å². The number of allylic oxidation sites excluding steroid dienone is 1. The molecule has 3 nitrogen and oxygen atoms in total. The third-order valence-corrected chi connectivity index (χ3v) is 3.35. The molecule has 0 unspecified atom stereocenters. The Morgan fingerprint density at radius 1 is 1.32 bits per heavy atom. The highest BCUT2D eigenvalue weighted by Gasteiger charge is 2.16. The van der Waals surface area contributed by atoms with E-state index in [4.69, 9.17) is 10.5 Å². The number of ether oxygens (including phenoxy) is 1. The van der Waals surface area contributed by atoms with Gasteiger partial charge in [0.15, 0.2) is 0 Å².